The number of benzene rings is 1. The van der Waals surface area contributed by atoms with Gasteiger partial charge < -0.3 is 9.69 Å². The third-order valence-electron chi connectivity index (χ3n) is 4.73. The molecule has 0 saturated carbocycles. The van der Waals surface area contributed by atoms with Crippen LogP contribution in [0.5, 0.6) is 0 Å². The van der Waals surface area contributed by atoms with Crippen molar-refractivity contribution in [1.29, 1.82) is 0 Å². The number of aromatic nitrogens is 1. The second kappa shape index (κ2) is 8.29. The molecule has 2 aromatic rings. The molecule has 0 bridgehead atoms. The maximum absolute atomic E-state index is 12.9. The van der Waals surface area contributed by atoms with E-state index in [2.05, 4.69) is 4.98 Å². The molecule has 144 valence electrons. The van der Waals surface area contributed by atoms with E-state index in [1.54, 1.807) is 16.7 Å². The Morgan fingerprint density at radius 2 is 2.00 bits per heavy atom. The number of thioether (sulfide) groups is 1. The van der Waals surface area contributed by atoms with Gasteiger partial charge >= 0.3 is 6.18 Å². The van der Waals surface area contributed by atoms with Gasteiger partial charge in [-0.15, -0.1) is 11.8 Å². The zero-order valence-corrected chi connectivity index (χ0v) is 15.4. The van der Waals surface area contributed by atoms with Gasteiger partial charge in [-0.1, -0.05) is 6.07 Å². The van der Waals surface area contributed by atoms with Crippen molar-refractivity contribution in [2.45, 2.75) is 30.3 Å². The van der Waals surface area contributed by atoms with Crippen LogP contribution < -0.4 is 0 Å². The van der Waals surface area contributed by atoms with Gasteiger partial charge in [0.15, 0.2) is 0 Å². The molecule has 0 radical (unpaired) electrons. The third-order valence-corrected chi connectivity index (χ3v) is 6.03. The molecule has 0 spiro atoms. The average molecular weight is 396 g/mol. The van der Waals surface area contributed by atoms with Crippen molar-refractivity contribution in [3.8, 4) is 0 Å². The van der Waals surface area contributed by atoms with Crippen LogP contribution in [0.25, 0.3) is 10.9 Å². The standard InChI is InChI=1S/C19H19F3N2O2S/c20-19(21,22)14-1-2-15-16(11-14)23-7-3-17(15)27-12-13-4-8-24(9-5-13)18(26)6-10-25/h1-3,7,10-11,13H,4-6,8-9,12H2. The summed E-state index contributed by atoms with van der Waals surface area (Å²) in [6.07, 6.45) is -0.567. The van der Waals surface area contributed by atoms with Crippen LogP contribution >= 0.6 is 11.8 Å². The fourth-order valence-corrected chi connectivity index (χ4v) is 4.41. The molecular weight excluding hydrogens is 377 g/mol. The summed E-state index contributed by atoms with van der Waals surface area (Å²) in [4.78, 5) is 28.9. The van der Waals surface area contributed by atoms with Gasteiger partial charge in [0.1, 0.15) is 6.29 Å². The van der Waals surface area contributed by atoms with Crippen LogP contribution in [-0.2, 0) is 15.8 Å². The summed E-state index contributed by atoms with van der Waals surface area (Å²) in [7, 11) is 0. The first-order valence-corrected chi connectivity index (χ1v) is 9.67. The van der Waals surface area contributed by atoms with Gasteiger partial charge in [0.25, 0.3) is 0 Å². The lowest BCUT2D eigenvalue weighted by atomic mass is 9.99. The van der Waals surface area contributed by atoms with Crippen molar-refractivity contribution in [3.63, 3.8) is 0 Å². The van der Waals surface area contributed by atoms with Crippen LogP contribution in [0.15, 0.2) is 35.4 Å². The first-order valence-electron chi connectivity index (χ1n) is 8.68. The van der Waals surface area contributed by atoms with Gasteiger partial charge in [-0.2, -0.15) is 13.2 Å². The van der Waals surface area contributed by atoms with E-state index in [0.717, 1.165) is 35.6 Å². The fourth-order valence-electron chi connectivity index (χ4n) is 3.18. The number of pyridine rings is 1. The lowest BCUT2D eigenvalue weighted by Crippen LogP contribution is -2.39. The smallest absolute Gasteiger partial charge is 0.342 e. The molecule has 1 saturated heterocycles. The molecule has 8 heteroatoms. The number of carbonyl (C=O) groups is 2. The summed E-state index contributed by atoms with van der Waals surface area (Å²) < 4.78 is 38.6. The summed E-state index contributed by atoms with van der Waals surface area (Å²) >= 11 is 1.61. The minimum atomic E-state index is -4.38. The topological polar surface area (TPSA) is 50.3 Å². The molecular formula is C19H19F3N2O2S. The van der Waals surface area contributed by atoms with E-state index < -0.39 is 11.7 Å². The Balaban J connectivity index is 1.63. The van der Waals surface area contributed by atoms with Crippen molar-refractivity contribution in [2.75, 3.05) is 18.8 Å². The summed E-state index contributed by atoms with van der Waals surface area (Å²) in [5.74, 6) is 1.13. The fraction of sp³-hybridized carbons (Fsp3) is 0.421. The van der Waals surface area contributed by atoms with Gasteiger partial charge in [0.2, 0.25) is 5.91 Å². The molecule has 0 unspecified atom stereocenters. The van der Waals surface area contributed by atoms with Crippen LogP contribution in [0, 0.1) is 5.92 Å². The number of hydrogen-bond donors (Lipinski definition) is 0. The summed E-state index contributed by atoms with van der Waals surface area (Å²) in [6.45, 7) is 1.29. The Morgan fingerprint density at radius 3 is 2.67 bits per heavy atom. The molecule has 1 aliphatic rings. The second-order valence-electron chi connectivity index (χ2n) is 6.54. The first kappa shape index (κ1) is 19.7. The Kier molecular flexibility index (Phi) is 6.04. The van der Waals surface area contributed by atoms with Gasteiger partial charge in [0.05, 0.1) is 17.5 Å². The van der Waals surface area contributed by atoms with Gasteiger partial charge in [-0.25, -0.2) is 0 Å². The quantitative estimate of drug-likeness (QED) is 0.432. The van der Waals surface area contributed by atoms with Crippen molar-refractivity contribution in [1.82, 2.24) is 9.88 Å². The number of alkyl halides is 3. The number of hydrogen-bond acceptors (Lipinski definition) is 4. The predicted molar refractivity (Wildman–Crippen MR) is 97.5 cm³/mol. The molecule has 1 aromatic carbocycles. The second-order valence-corrected chi connectivity index (χ2v) is 7.61. The third kappa shape index (κ3) is 4.80. The number of aldehydes is 1. The van der Waals surface area contributed by atoms with E-state index in [1.165, 1.54) is 12.3 Å². The number of piperidine rings is 1. The maximum Gasteiger partial charge on any atom is 0.416 e. The predicted octanol–water partition coefficient (Wildman–Crippen LogP) is 4.17. The van der Waals surface area contributed by atoms with Gasteiger partial charge in [-0.05, 0) is 37.0 Å². The first-order chi connectivity index (χ1) is 12.9. The summed E-state index contributed by atoms with van der Waals surface area (Å²) in [5, 5.41) is 0.717. The van der Waals surface area contributed by atoms with Crippen LogP contribution in [0.4, 0.5) is 13.2 Å². The normalized spacial score (nSPS) is 15.9. The molecule has 0 aliphatic carbocycles. The number of amides is 1. The molecule has 0 N–H and O–H groups in total. The Hall–Kier alpha value is -2.09. The molecule has 4 nitrogen and oxygen atoms in total. The number of nitrogens with zero attached hydrogens (tertiary/aromatic N) is 2. The maximum atomic E-state index is 12.9. The van der Waals surface area contributed by atoms with E-state index in [1.807, 2.05) is 6.07 Å². The van der Waals surface area contributed by atoms with Gasteiger partial charge in [0, 0.05) is 35.3 Å². The molecule has 0 atom stereocenters. The van der Waals surface area contributed by atoms with Crippen molar-refractivity contribution in [2.24, 2.45) is 5.92 Å². The molecule has 1 aliphatic heterocycles. The minimum absolute atomic E-state index is 0.0671. The van der Waals surface area contributed by atoms with E-state index in [4.69, 9.17) is 0 Å². The highest BCUT2D eigenvalue weighted by atomic mass is 32.2. The van der Waals surface area contributed by atoms with Crippen molar-refractivity contribution < 1.29 is 22.8 Å². The van der Waals surface area contributed by atoms with Gasteiger partial charge in [-0.3, -0.25) is 9.78 Å². The molecule has 1 fully saturated rings. The number of likely N-dealkylation sites (tertiary alicyclic amines) is 1. The highest BCUT2D eigenvalue weighted by Crippen LogP contribution is 2.35. The lowest BCUT2D eigenvalue weighted by molar-refractivity contribution is -0.137. The molecule has 3 rings (SSSR count). The number of carbonyl (C=O) groups excluding carboxylic acids is 2. The lowest BCUT2D eigenvalue weighted by Gasteiger charge is -2.31. The highest BCUT2D eigenvalue weighted by molar-refractivity contribution is 7.99. The monoisotopic (exact) mass is 396 g/mol. The number of fused-ring (bicyclic) bond motifs is 1. The summed E-state index contributed by atoms with van der Waals surface area (Å²) in [5.41, 5.74) is -0.360. The minimum Gasteiger partial charge on any atom is -0.342 e. The zero-order valence-electron chi connectivity index (χ0n) is 14.5. The molecule has 27 heavy (non-hydrogen) atoms. The van der Waals surface area contributed by atoms with Crippen molar-refractivity contribution in [3.05, 3.63) is 36.0 Å². The molecule has 2 heterocycles. The van der Waals surface area contributed by atoms with Crippen molar-refractivity contribution >= 4 is 34.9 Å². The van der Waals surface area contributed by atoms with Crippen LogP contribution in [-0.4, -0.2) is 40.9 Å². The molecule has 1 amide bonds. The highest BCUT2D eigenvalue weighted by Gasteiger charge is 2.30. The Labute approximate surface area is 159 Å². The van der Waals surface area contributed by atoms with Crippen LogP contribution in [0.2, 0.25) is 0 Å². The summed E-state index contributed by atoms with van der Waals surface area (Å²) in [6, 6.07) is 5.47. The van der Waals surface area contributed by atoms with E-state index in [9.17, 15) is 22.8 Å². The zero-order chi connectivity index (χ0) is 19.4. The van der Waals surface area contributed by atoms with E-state index >= 15 is 0 Å². The van der Waals surface area contributed by atoms with E-state index in [-0.39, 0.29) is 12.3 Å². The Morgan fingerprint density at radius 1 is 1.26 bits per heavy atom. The largest absolute Gasteiger partial charge is 0.416 e. The van der Waals surface area contributed by atoms with E-state index in [0.29, 0.717) is 36.2 Å². The number of rotatable bonds is 5. The SMILES string of the molecule is O=CCC(=O)N1CCC(CSc2ccnc3cc(C(F)(F)F)ccc23)CC1. The average Bonchev–Trinajstić information content (AvgIpc) is 2.65. The van der Waals surface area contributed by atoms with Crippen LogP contribution in [0.1, 0.15) is 24.8 Å². The molecule has 1 aromatic heterocycles. The number of halogens is 3. The van der Waals surface area contributed by atoms with Crippen LogP contribution in [0.3, 0.4) is 0 Å². The Bertz CT molecular complexity index is 833.